The Bertz CT molecular complexity index is 298. The van der Waals surface area contributed by atoms with Crippen molar-refractivity contribution in [3.8, 4) is 0 Å². The van der Waals surface area contributed by atoms with E-state index in [1.54, 1.807) is 12.4 Å². The number of imidazole rings is 1. The molecule has 2 atom stereocenters. The third-order valence-corrected chi connectivity index (χ3v) is 2.37. The SMILES string of the molecule is CCC(NC(CC)c1ncc[nH]1)C(=O)O. The second kappa shape index (κ2) is 5.50. The van der Waals surface area contributed by atoms with Crippen LogP contribution in [0.1, 0.15) is 38.6 Å². The Morgan fingerprint density at radius 3 is 2.73 bits per heavy atom. The van der Waals surface area contributed by atoms with Crippen LogP contribution < -0.4 is 5.32 Å². The van der Waals surface area contributed by atoms with Gasteiger partial charge in [0.05, 0.1) is 6.04 Å². The molecule has 0 saturated heterocycles. The number of carboxylic acid groups (broad SMARTS) is 1. The van der Waals surface area contributed by atoms with Crippen LogP contribution in [-0.4, -0.2) is 27.1 Å². The first-order valence-corrected chi connectivity index (χ1v) is 5.17. The quantitative estimate of drug-likeness (QED) is 0.663. The zero-order valence-corrected chi connectivity index (χ0v) is 9.03. The molecule has 3 N–H and O–H groups in total. The third kappa shape index (κ3) is 3.06. The van der Waals surface area contributed by atoms with Crippen LogP contribution in [0.15, 0.2) is 12.4 Å². The molecule has 0 spiro atoms. The second-order valence-electron chi connectivity index (χ2n) is 3.40. The molecule has 0 amide bonds. The molecule has 0 aliphatic carbocycles. The van der Waals surface area contributed by atoms with Gasteiger partial charge >= 0.3 is 5.97 Å². The maximum absolute atomic E-state index is 10.9. The smallest absolute Gasteiger partial charge is 0.320 e. The van der Waals surface area contributed by atoms with Crippen LogP contribution in [0, 0.1) is 0 Å². The highest BCUT2D eigenvalue weighted by Gasteiger charge is 2.20. The minimum atomic E-state index is -0.817. The lowest BCUT2D eigenvalue weighted by Crippen LogP contribution is -2.38. The molecular formula is C10H17N3O2. The number of H-pyrrole nitrogens is 1. The van der Waals surface area contributed by atoms with Crippen molar-refractivity contribution in [2.75, 3.05) is 0 Å². The molecule has 1 aromatic rings. The molecular weight excluding hydrogens is 194 g/mol. The van der Waals surface area contributed by atoms with E-state index in [1.807, 2.05) is 13.8 Å². The molecule has 1 aromatic heterocycles. The molecule has 0 fully saturated rings. The van der Waals surface area contributed by atoms with E-state index in [4.69, 9.17) is 5.11 Å². The van der Waals surface area contributed by atoms with Crippen molar-refractivity contribution in [1.82, 2.24) is 15.3 Å². The Kier molecular flexibility index (Phi) is 4.30. The molecule has 2 unspecified atom stereocenters. The Balaban J connectivity index is 2.64. The molecule has 1 heterocycles. The first-order valence-electron chi connectivity index (χ1n) is 5.17. The summed E-state index contributed by atoms with van der Waals surface area (Å²) >= 11 is 0. The molecule has 0 saturated carbocycles. The van der Waals surface area contributed by atoms with E-state index < -0.39 is 12.0 Å². The van der Waals surface area contributed by atoms with Gasteiger partial charge in [0.1, 0.15) is 11.9 Å². The highest BCUT2D eigenvalue weighted by molar-refractivity contribution is 5.73. The lowest BCUT2D eigenvalue weighted by Gasteiger charge is -2.19. The normalized spacial score (nSPS) is 14.8. The number of carboxylic acids is 1. The molecule has 0 radical (unpaired) electrons. The zero-order chi connectivity index (χ0) is 11.3. The summed E-state index contributed by atoms with van der Waals surface area (Å²) in [5.74, 6) is -0.0280. The van der Waals surface area contributed by atoms with Crippen molar-refractivity contribution >= 4 is 5.97 Å². The van der Waals surface area contributed by atoms with Gasteiger partial charge in [-0.3, -0.25) is 10.1 Å². The Labute approximate surface area is 88.9 Å². The van der Waals surface area contributed by atoms with Gasteiger partial charge in [0, 0.05) is 12.4 Å². The van der Waals surface area contributed by atoms with E-state index in [0.29, 0.717) is 6.42 Å². The molecule has 5 nitrogen and oxygen atoms in total. The van der Waals surface area contributed by atoms with Gasteiger partial charge in [-0.25, -0.2) is 4.98 Å². The largest absolute Gasteiger partial charge is 0.480 e. The van der Waals surface area contributed by atoms with E-state index in [2.05, 4.69) is 15.3 Å². The maximum atomic E-state index is 10.9. The third-order valence-electron chi connectivity index (χ3n) is 2.37. The monoisotopic (exact) mass is 211 g/mol. The number of aromatic amines is 1. The average Bonchev–Trinajstić information content (AvgIpc) is 2.72. The molecule has 0 aliphatic heterocycles. The summed E-state index contributed by atoms with van der Waals surface area (Å²) in [6.07, 6.45) is 4.77. The minimum absolute atomic E-state index is 0.0268. The number of nitrogens with one attached hydrogen (secondary N) is 2. The highest BCUT2D eigenvalue weighted by Crippen LogP contribution is 2.13. The fourth-order valence-electron chi connectivity index (χ4n) is 1.46. The van der Waals surface area contributed by atoms with E-state index in [0.717, 1.165) is 12.2 Å². The lowest BCUT2D eigenvalue weighted by atomic mass is 10.1. The van der Waals surface area contributed by atoms with E-state index in [-0.39, 0.29) is 6.04 Å². The summed E-state index contributed by atoms with van der Waals surface area (Å²) in [6.45, 7) is 3.84. The van der Waals surface area contributed by atoms with E-state index >= 15 is 0 Å². The van der Waals surface area contributed by atoms with Gasteiger partial charge in [0.25, 0.3) is 0 Å². The van der Waals surface area contributed by atoms with Crippen LogP contribution in [0.25, 0.3) is 0 Å². The van der Waals surface area contributed by atoms with Gasteiger partial charge in [-0.2, -0.15) is 0 Å². The molecule has 15 heavy (non-hydrogen) atoms. The standard InChI is InChI=1S/C10H17N3O2/c1-3-7(9-11-5-6-12-9)13-8(4-2)10(14)15/h5-8,13H,3-4H2,1-2H3,(H,11,12)(H,14,15). The van der Waals surface area contributed by atoms with E-state index in [9.17, 15) is 4.79 Å². The van der Waals surface area contributed by atoms with Crippen LogP contribution in [-0.2, 0) is 4.79 Å². The van der Waals surface area contributed by atoms with Crippen molar-refractivity contribution in [1.29, 1.82) is 0 Å². The maximum Gasteiger partial charge on any atom is 0.320 e. The summed E-state index contributed by atoms with van der Waals surface area (Å²) in [5, 5.41) is 12.0. The van der Waals surface area contributed by atoms with E-state index in [1.165, 1.54) is 0 Å². The molecule has 1 rings (SSSR count). The van der Waals surface area contributed by atoms with Gasteiger partial charge in [-0.05, 0) is 12.8 Å². The molecule has 84 valence electrons. The summed E-state index contributed by atoms with van der Waals surface area (Å²) in [6, 6.07) is -0.541. The molecule has 0 aliphatic rings. The number of hydrogen-bond acceptors (Lipinski definition) is 3. The predicted octanol–water partition coefficient (Wildman–Crippen LogP) is 1.31. The van der Waals surface area contributed by atoms with Crippen molar-refractivity contribution in [2.45, 2.75) is 38.8 Å². The zero-order valence-electron chi connectivity index (χ0n) is 9.03. The summed E-state index contributed by atoms with van der Waals surface area (Å²) in [7, 11) is 0. The minimum Gasteiger partial charge on any atom is -0.480 e. The van der Waals surface area contributed by atoms with Crippen LogP contribution in [0.4, 0.5) is 0 Å². The van der Waals surface area contributed by atoms with Gasteiger partial charge in [0.2, 0.25) is 0 Å². The van der Waals surface area contributed by atoms with Crippen LogP contribution in [0.2, 0.25) is 0 Å². The fraction of sp³-hybridized carbons (Fsp3) is 0.600. The highest BCUT2D eigenvalue weighted by atomic mass is 16.4. The number of aromatic nitrogens is 2. The Hall–Kier alpha value is -1.36. The first-order chi connectivity index (χ1) is 7.19. The second-order valence-corrected chi connectivity index (χ2v) is 3.40. The van der Waals surface area contributed by atoms with Crippen molar-refractivity contribution < 1.29 is 9.90 Å². The number of rotatable bonds is 6. The van der Waals surface area contributed by atoms with Crippen LogP contribution in [0.3, 0.4) is 0 Å². The van der Waals surface area contributed by atoms with Gasteiger partial charge in [-0.1, -0.05) is 13.8 Å². The molecule has 0 aromatic carbocycles. The van der Waals surface area contributed by atoms with Gasteiger partial charge in [-0.15, -0.1) is 0 Å². The Morgan fingerprint density at radius 1 is 1.60 bits per heavy atom. The molecule has 5 heteroatoms. The summed E-state index contributed by atoms with van der Waals surface area (Å²) < 4.78 is 0. The average molecular weight is 211 g/mol. The van der Waals surface area contributed by atoms with Crippen molar-refractivity contribution in [3.05, 3.63) is 18.2 Å². The number of hydrogen-bond donors (Lipinski definition) is 3. The van der Waals surface area contributed by atoms with Gasteiger partial charge in [0.15, 0.2) is 0 Å². The molecule has 0 bridgehead atoms. The Morgan fingerprint density at radius 2 is 2.33 bits per heavy atom. The predicted molar refractivity (Wildman–Crippen MR) is 56.5 cm³/mol. The fourth-order valence-corrected chi connectivity index (χ4v) is 1.46. The van der Waals surface area contributed by atoms with Crippen LogP contribution >= 0.6 is 0 Å². The van der Waals surface area contributed by atoms with Crippen molar-refractivity contribution in [2.24, 2.45) is 0 Å². The topological polar surface area (TPSA) is 78.0 Å². The summed E-state index contributed by atoms with van der Waals surface area (Å²) in [4.78, 5) is 18.0. The number of aliphatic carboxylic acids is 1. The number of carbonyl (C=O) groups is 1. The van der Waals surface area contributed by atoms with Crippen molar-refractivity contribution in [3.63, 3.8) is 0 Å². The lowest BCUT2D eigenvalue weighted by molar-refractivity contribution is -0.139. The first kappa shape index (κ1) is 11.7. The van der Waals surface area contributed by atoms with Crippen LogP contribution in [0.5, 0.6) is 0 Å². The summed E-state index contributed by atoms with van der Waals surface area (Å²) in [5.41, 5.74) is 0. The number of nitrogens with zero attached hydrogens (tertiary/aromatic N) is 1. The van der Waals surface area contributed by atoms with Gasteiger partial charge < -0.3 is 10.1 Å².